The summed E-state index contributed by atoms with van der Waals surface area (Å²) in [6.45, 7) is 5.84. The summed E-state index contributed by atoms with van der Waals surface area (Å²) in [5.74, 6) is 0.800. The summed E-state index contributed by atoms with van der Waals surface area (Å²) in [6, 6.07) is 3.27. The fraction of sp³-hybridized carbons (Fsp3) is 0.571. The number of nitrogen functional groups attached to an aromatic ring is 1. The van der Waals surface area contributed by atoms with Crippen LogP contribution in [-0.4, -0.2) is 24.2 Å². The van der Waals surface area contributed by atoms with Crippen molar-refractivity contribution in [1.82, 2.24) is 0 Å². The minimum absolute atomic E-state index is 0.0702. The van der Waals surface area contributed by atoms with Crippen LogP contribution >= 0.6 is 11.8 Å². The first kappa shape index (κ1) is 16.0. The molecule has 1 aromatic carbocycles. The topological polar surface area (TPSA) is 47.3 Å². The average molecular weight is 286 g/mol. The molecule has 19 heavy (non-hydrogen) atoms. The van der Waals surface area contributed by atoms with E-state index in [9.17, 15) is 4.39 Å². The van der Waals surface area contributed by atoms with Crippen molar-refractivity contribution in [1.29, 1.82) is 0 Å². The molecular formula is C14H23FN2OS. The number of anilines is 2. The Morgan fingerprint density at radius 1 is 1.42 bits per heavy atom. The van der Waals surface area contributed by atoms with Crippen molar-refractivity contribution in [2.24, 2.45) is 0 Å². The molecule has 3 nitrogen and oxygen atoms in total. The predicted octanol–water partition coefficient (Wildman–Crippen LogP) is 3.75. The largest absolute Gasteiger partial charge is 0.488 e. The van der Waals surface area contributed by atoms with Gasteiger partial charge >= 0.3 is 0 Å². The quantitative estimate of drug-likeness (QED) is 0.749. The van der Waals surface area contributed by atoms with E-state index in [4.69, 9.17) is 10.5 Å². The highest BCUT2D eigenvalue weighted by Gasteiger charge is 2.13. The van der Waals surface area contributed by atoms with Gasteiger partial charge in [0.05, 0.1) is 17.5 Å². The summed E-state index contributed by atoms with van der Waals surface area (Å²) in [5, 5.41) is 3.35. The number of ether oxygens (including phenoxy) is 1. The molecule has 108 valence electrons. The molecule has 0 spiro atoms. The first-order chi connectivity index (χ1) is 8.97. The molecule has 0 aromatic heterocycles. The highest BCUT2D eigenvalue weighted by molar-refractivity contribution is 7.98. The number of hydrogen-bond acceptors (Lipinski definition) is 4. The van der Waals surface area contributed by atoms with Crippen LogP contribution in [0.4, 0.5) is 15.8 Å². The zero-order valence-corrected chi connectivity index (χ0v) is 12.8. The molecule has 0 amide bonds. The Kier molecular flexibility index (Phi) is 6.28. The van der Waals surface area contributed by atoms with Crippen LogP contribution < -0.4 is 15.8 Å². The Labute approximate surface area is 119 Å². The van der Waals surface area contributed by atoms with Crippen molar-refractivity contribution < 1.29 is 9.13 Å². The maximum atomic E-state index is 13.7. The third-order valence-corrected chi connectivity index (χ3v) is 3.42. The zero-order valence-electron chi connectivity index (χ0n) is 12.0. The SMILES string of the molecule is CCC(CSC)Nc1cc(OC(C)C)c(F)cc1N. The van der Waals surface area contributed by atoms with Crippen LogP contribution in [0, 0.1) is 5.82 Å². The van der Waals surface area contributed by atoms with Gasteiger partial charge in [0.2, 0.25) is 0 Å². The fourth-order valence-electron chi connectivity index (χ4n) is 1.72. The number of rotatable bonds is 7. The van der Waals surface area contributed by atoms with Gasteiger partial charge in [-0.05, 0) is 26.5 Å². The first-order valence-electron chi connectivity index (χ1n) is 6.49. The molecule has 1 unspecified atom stereocenters. The van der Waals surface area contributed by atoms with Crippen molar-refractivity contribution >= 4 is 23.1 Å². The van der Waals surface area contributed by atoms with E-state index in [2.05, 4.69) is 18.5 Å². The Morgan fingerprint density at radius 3 is 2.63 bits per heavy atom. The third kappa shape index (κ3) is 4.82. The molecule has 0 aliphatic carbocycles. The van der Waals surface area contributed by atoms with Gasteiger partial charge in [-0.2, -0.15) is 11.8 Å². The lowest BCUT2D eigenvalue weighted by atomic mass is 10.2. The second-order valence-electron chi connectivity index (χ2n) is 4.74. The number of hydrogen-bond donors (Lipinski definition) is 2. The highest BCUT2D eigenvalue weighted by Crippen LogP contribution is 2.29. The molecule has 0 radical (unpaired) electrons. The third-order valence-electron chi connectivity index (χ3n) is 2.69. The molecule has 0 saturated heterocycles. The number of nitrogens with one attached hydrogen (secondary N) is 1. The maximum Gasteiger partial charge on any atom is 0.167 e. The normalized spacial score (nSPS) is 12.5. The lowest BCUT2D eigenvalue weighted by molar-refractivity contribution is 0.231. The van der Waals surface area contributed by atoms with E-state index >= 15 is 0 Å². The highest BCUT2D eigenvalue weighted by atomic mass is 32.2. The van der Waals surface area contributed by atoms with Gasteiger partial charge in [-0.15, -0.1) is 0 Å². The van der Waals surface area contributed by atoms with E-state index in [1.165, 1.54) is 6.07 Å². The second-order valence-corrected chi connectivity index (χ2v) is 5.65. The van der Waals surface area contributed by atoms with Crippen molar-refractivity contribution in [3.05, 3.63) is 17.9 Å². The second kappa shape index (κ2) is 7.48. The van der Waals surface area contributed by atoms with Crippen LogP contribution in [-0.2, 0) is 0 Å². The Morgan fingerprint density at radius 2 is 2.11 bits per heavy atom. The van der Waals surface area contributed by atoms with Crippen molar-refractivity contribution in [2.75, 3.05) is 23.1 Å². The fourth-order valence-corrected chi connectivity index (χ4v) is 2.44. The molecule has 3 N–H and O–H groups in total. The summed E-state index contributed by atoms with van der Waals surface area (Å²) in [6.07, 6.45) is 2.98. The Bertz CT molecular complexity index is 413. The Balaban J connectivity index is 2.93. The van der Waals surface area contributed by atoms with Crippen LogP contribution in [0.2, 0.25) is 0 Å². The van der Waals surface area contributed by atoms with E-state index in [0.717, 1.165) is 17.9 Å². The number of benzene rings is 1. The van der Waals surface area contributed by atoms with E-state index in [0.29, 0.717) is 11.7 Å². The van der Waals surface area contributed by atoms with Crippen LogP contribution in [0.3, 0.4) is 0 Å². The molecule has 1 aromatic rings. The number of halogens is 1. The van der Waals surface area contributed by atoms with E-state index in [1.807, 2.05) is 13.8 Å². The van der Waals surface area contributed by atoms with Crippen molar-refractivity contribution in [3.63, 3.8) is 0 Å². The molecule has 0 heterocycles. The molecule has 1 atom stereocenters. The van der Waals surface area contributed by atoms with Gasteiger partial charge < -0.3 is 15.8 Å². The standard InChI is InChI=1S/C14H23FN2OS/c1-5-10(8-19-4)17-13-7-14(18-9(2)3)11(15)6-12(13)16/h6-7,9-10,17H,5,8,16H2,1-4H3. The lowest BCUT2D eigenvalue weighted by Crippen LogP contribution is -2.22. The molecule has 0 saturated carbocycles. The molecular weight excluding hydrogens is 263 g/mol. The lowest BCUT2D eigenvalue weighted by Gasteiger charge is -2.20. The molecule has 0 aliphatic heterocycles. The van der Waals surface area contributed by atoms with Gasteiger partial charge in [0, 0.05) is 23.9 Å². The van der Waals surface area contributed by atoms with Crippen molar-refractivity contribution in [3.8, 4) is 5.75 Å². The minimum Gasteiger partial charge on any atom is -0.488 e. The van der Waals surface area contributed by atoms with Gasteiger partial charge in [0.25, 0.3) is 0 Å². The van der Waals surface area contributed by atoms with Gasteiger partial charge in [0.1, 0.15) is 0 Å². The average Bonchev–Trinajstić information content (AvgIpc) is 2.33. The van der Waals surface area contributed by atoms with Crippen LogP contribution in [0.5, 0.6) is 5.75 Å². The van der Waals surface area contributed by atoms with Crippen LogP contribution in [0.1, 0.15) is 27.2 Å². The van der Waals surface area contributed by atoms with Gasteiger partial charge in [-0.1, -0.05) is 6.92 Å². The Hall–Kier alpha value is -1.10. The summed E-state index contributed by atoms with van der Waals surface area (Å²) < 4.78 is 19.2. The summed E-state index contributed by atoms with van der Waals surface area (Å²) >= 11 is 1.77. The number of thioether (sulfide) groups is 1. The van der Waals surface area contributed by atoms with E-state index in [1.54, 1.807) is 17.8 Å². The minimum atomic E-state index is -0.422. The van der Waals surface area contributed by atoms with Gasteiger partial charge in [-0.3, -0.25) is 0 Å². The summed E-state index contributed by atoms with van der Waals surface area (Å²) in [4.78, 5) is 0. The van der Waals surface area contributed by atoms with Crippen molar-refractivity contribution in [2.45, 2.75) is 39.3 Å². The maximum absolute atomic E-state index is 13.7. The predicted molar refractivity (Wildman–Crippen MR) is 82.7 cm³/mol. The van der Waals surface area contributed by atoms with E-state index in [-0.39, 0.29) is 11.9 Å². The van der Waals surface area contributed by atoms with Gasteiger partial charge in [-0.25, -0.2) is 4.39 Å². The summed E-state index contributed by atoms with van der Waals surface area (Å²) in [7, 11) is 0. The molecule has 0 fully saturated rings. The first-order valence-corrected chi connectivity index (χ1v) is 7.88. The molecule has 0 aliphatic rings. The van der Waals surface area contributed by atoms with Crippen LogP contribution in [0.25, 0.3) is 0 Å². The molecule has 0 bridgehead atoms. The molecule has 5 heteroatoms. The monoisotopic (exact) mass is 286 g/mol. The van der Waals surface area contributed by atoms with E-state index < -0.39 is 5.82 Å². The smallest absolute Gasteiger partial charge is 0.167 e. The molecule has 1 rings (SSSR count). The summed E-state index contributed by atoms with van der Waals surface area (Å²) in [5.41, 5.74) is 7.00. The van der Waals surface area contributed by atoms with Gasteiger partial charge in [0.15, 0.2) is 11.6 Å². The number of nitrogens with two attached hydrogens (primary N) is 1. The van der Waals surface area contributed by atoms with Crippen LogP contribution in [0.15, 0.2) is 12.1 Å². The zero-order chi connectivity index (χ0) is 14.4.